The third kappa shape index (κ3) is 2.57. The molecule has 0 radical (unpaired) electrons. The Hall–Kier alpha value is -2.35. The minimum atomic E-state index is 1.07. The standard InChI is InChI=1S/C20H22N2/c1-12-6-8-17(9-7-12)18(19-13(2)10-15(4)21-19)20-14(3)11-16(5)22-20/h6-11,21H,1-5H3/b20-18-. The molecule has 0 spiro atoms. The predicted molar refractivity (Wildman–Crippen MR) is 94.3 cm³/mol. The van der Waals surface area contributed by atoms with Gasteiger partial charge in [0.15, 0.2) is 0 Å². The zero-order valence-corrected chi connectivity index (χ0v) is 13.9. The first-order chi connectivity index (χ1) is 10.5. The molecular weight excluding hydrogens is 268 g/mol. The zero-order valence-electron chi connectivity index (χ0n) is 13.9. The second-order valence-corrected chi connectivity index (χ2v) is 6.18. The molecule has 3 rings (SSSR count). The number of allylic oxidation sites excluding steroid dienone is 2. The van der Waals surface area contributed by atoms with E-state index in [1.807, 2.05) is 0 Å². The number of aromatic amines is 1. The molecule has 1 aromatic heterocycles. The van der Waals surface area contributed by atoms with Crippen molar-refractivity contribution in [3.63, 3.8) is 0 Å². The van der Waals surface area contributed by atoms with Crippen LogP contribution in [0.4, 0.5) is 0 Å². The van der Waals surface area contributed by atoms with E-state index in [9.17, 15) is 0 Å². The van der Waals surface area contributed by atoms with E-state index >= 15 is 0 Å². The van der Waals surface area contributed by atoms with Crippen LogP contribution in [0.5, 0.6) is 0 Å². The number of hydrogen-bond acceptors (Lipinski definition) is 1. The Balaban J connectivity index is 2.29. The highest BCUT2D eigenvalue weighted by Crippen LogP contribution is 2.34. The van der Waals surface area contributed by atoms with E-state index in [-0.39, 0.29) is 0 Å². The molecule has 1 aromatic carbocycles. The maximum atomic E-state index is 4.78. The third-order valence-corrected chi connectivity index (χ3v) is 4.06. The van der Waals surface area contributed by atoms with Gasteiger partial charge in [-0.1, -0.05) is 29.8 Å². The number of aliphatic imine (C=N–C) groups is 1. The molecule has 22 heavy (non-hydrogen) atoms. The van der Waals surface area contributed by atoms with Gasteiger partial charge in [-0.05, 0) is 63.5 Å². The van der Waals surface area contributed by atoms with Crippen molar-refractivity contribution in [1.82, 2.24) is 4.98 Å². The SMILES string of the molecule is CC1=CC(C)=N/C1=C(/c1ccc(C)cc1)c1[nH]c(C)cc1C. The van der Waals surface area contributed by atoms with Gasteiger partial charge in [0.25, 0.3) is 0 Å². The molecule has 0 fully saturated rings. The number of nitrogens with one attached hydrogen (secondary N) is 1. The smallest absolute Gasteiger partial charge is 0.0761 e. The van der Waals surface area contributed by atoms with Crippen LogP contribution in [0.15, 0.2) is 52.7 Å². The maximum absolute atomic E-state index is 4.78. The molecule has 0 atom stereocenters. The van der Waals surface area contributed by atoms with Crippen LogP contribution in [0.2, 0.25) is 0 Å². The van der Waals surface area contributed by atoms with E-state index in [0.717, 1.165) is 11.4 Å². The Morgan fingerprint density at radius 1 is 0.955 bits per heavy atom. The van der Waals surface area contributed by atoms with E-state index in [1.165, 1.54) is 39.2 Å². The van der Waals surface area contributed by atoms with Gasteiger partial charge in [0, 0.05) is 17.0 Å². The lowest BCUT2D eigenvalue weighted by Crippen LogP contribution is -1.96. The predicted octanol–water partition coefficient (Wildman–Crippen LogP) is 5.12. The second kappa shape index (κ2) is 5.45. The van der Waals surface area contributed by atoms with Gasteiger partial charge in [0.1, 0.15) is 0 Å². The number of H-pyrrole nitrogens is 1. The summed E-state index contributed by atoms with van der Waals surface area (Å²) in [6.45, 7) is 10.5. The van der Waals surface area contributed by atoms with Crippen LogP contribution in [0.1, 0.15) is 41.9 Å². The van der Waals surface area contributed by atoms with Crippen molar-refractivity contribution in [2.75, 3.05) is 0 Å². The van der Waals surface area contributed by atoms with Gasteiger partial charge in [-0.2, -0.15) is 0 Å². The molecule has 1 N–H and O–H groups in total. The van der Waals surface area contributed by atoms with Crippen LogP contribution < -0.4 is 0 Å². The Morgan fingerprint density at radius 3 is 2.14 bits per heavy atom. The number of benzene rings is 1. The Labute approximate surface area is 132 Å². The summed E-state index contributed by atoms with van der Waals surface area (Å²) in [6, 6.07) is 10.9. The van der Waals surface area contributed by atoms with E-state index in [0.29, 0.717) is 0 Å². The van der Waals surface area contributed by atoms with Crippen LogP contribution in [0, 0.1) is 20.8 Å². The molecule has 0 saturated heterocycles. The molecular formula is C20H22N2. The van der Waals surface area contributed by atoms with Crippen molar-refractivity contribution in [2.24, 2.45) is 4.99 Å². The highest BCUT2D eigenvalue weighted by atomic mass is 14.8. The number of nitrogens with zero attached hydrogens (tertiary/aromatic N) is 1. The molecule has 0 amide bonds. The fourth-order valence-electron chi connectivity index (χ4n) is 3.04. The van der Waals surface area contributed by atoms with Crippen molar-refractivity contribution >= 4 is 11.3 Å². The highest BCUT2D eigenvalue weighted by molar-refractivity contribution is 6.01. The van der Waals surface area contributed by atoms with E-state index in [2.05, 4.69) is 76.0 Å². The fraction of sp³-hybridized carbons (Fsp3) is 0.250. The summed E-state index contributed by atoms with van der Waals surface area (Å²) in [6.07, 6.45) is 2.15. The van der Waals surface area contributed by atoms with Gasteiger partial charge >= 0.3 is 0 Å². The number of hydrogen-bond donors (Lipinski definition) is 1. The summed E-state index contributed by atoms with van der Waals surface area (Å²) >= 11 is 0. The number of aryl methyl sites for hydroxylation is 3. The summed E-state index contributed by atoms with van der Waals surface area (Å²) in [4.78, 5) is 8.29. The molecule has 2 aromatic rings. The van der Waals surface area contributed by atoms with Crippen LogP contribution in [0.3, 0.4) is 0 Å². The Kier molecular flexibility index (Phi) is 3.61. The summed E-state index contributed by atoms with van der Waals surface area (Å²) < 4.78 is 0. The van der Waals surface area contributed by atoms with Crippen LogP contribution in [0.25, 0.3) is 5.57 Å². The van der Waals surface area contributed by atoms with Crippen LogP contribution >= 0.6 is 0 Å². The molecule has 2 heteroatoms. The average molecular weight is 290 g/mol. The quantitative estimate of drug-likeness (QED) is 0.795. The molecule has 2 heterocycles. The molecule has 0 unspecified atom stereocenters. The lowest BCUT2D eigenvalue weighted by molar-refractivity contribution is 1.21. The molecule has 1 aliphatic heterocycles. The Bertz CT molecular complexity index is 812. The third-order valence-electron chi connectivity index (χ3n) is 4.06. The topological polar surface area (TPSA) is 28.1 Å². The molecule has 0 saturated carbocycles. The number of rotatable bonds is 2. The first kappa shape index (κ1) is 14.6. The first-order valence-corrected chi connectivity index (χ1v) is 7.67. The summed E-state index contributed by atoms with van der Waals surface area (Å²) in [5.41, 5.74) is 10.6. The van der Waals surface area contributed by atoms with Gasteiger partial charge in [-0.3, -0.25) is 4.99 Å². The minimum Gasteiger partial charge on any atom is -0.358 e. The minimum absolute atomic E-state index is 1.07. The second-order valence-electron chi connectivity index (χ2n) is 6.18. The van der Waals surface area contributed by atoms with Crippen molar-refractivity contribution in [3.8, 4) is 0 Å². The van der Waals surface area contributed by atoms with Crippen LogP contribution in [-0.4, -0.2) is 10.7 Å². The molecule has 2 nitrogen and oxygen atoms in total. The summed E-state index contributed by atoms with van der Waals surface area (Å²) in [5, 5.41) is 0. The molecule has 0 bridgehead atoms. The highest BCUT2D eigenvalue weighted by Gasteiger charge is 2.19. The van der Waals surface area contributed by atoms with Gasteiger partial charge in [-0.15, -0.1) is 0 Å². The average Bonchev–Trinajstić information content (AvgIpc) is 2.95. The van der Waals surface area contributed by atoms with Gasteiger partial charge in [0.05, 0.1) is 11.4 Å². The summed E-state index contributed by atoms with van der Waals surface area (Å²) in [7, 11) is 0. The van der Waals surface area contributed by atoms with E-state index < -0.39 is 0 Å². The zero-order chi connectivity index (χ0) is 15.9. The van der Waals surface area contributed by atoms with Gasteiger partial charge in [-0.25, -0.2) is 0 Å². The number of aromatic nitrogens is 1. The fourth-order valence-corrected chi connectivity index (χ4v) is 3.04. The summed E-state index contributed by atoms with van der Waals surface area (Å²) in [5.74, 6) is 0. The molecule has 112 valence electrons. The lowest BCUT2D eigenvalue weighted by Gasteiger charge is -2.12. The van der Waals surface area contributed by atoms with E-state index in [4.69, 9.17) is 4.99 Å². The van der Waals surface area contributed by atoms with E-state index in [1.54, 1.807) is 0 Å². The van der Waals surface area contributed by atoms with Crippen molar-refractivity contribution in [2.45, 2.75) is 34.6 Å². The monoisotopic (exact) mass is 290 g/mol. The largest absolute Gasteiger partial charge is 0.358 e. The van der Waals surface area contributed by atoms with Crippen LogP contribution in [-0.2, 0) is 0 Å². The lowest BCUT2D eigenvalue weighted by atomic mass is 9.95. The van der Waals surface area contributed by atoms with Gasteiger partial charge in [0.2, 0.25) is 0 Å². The van der Waals surface area contributed by atoms with Crippen molar-refractivity contribution in [3.05, 3.63) is 75.8 Å². The van der Waals surface area contributed by atoms with Crippen molar-refractivity contribution < 1.29 is 0 Å². The maximum Gasteiger partial charge on any atom is 0.0761 e. The van der Waals surface area contributed by atoms with Gasteiger partial charge < -0.3 is 4.98 Å². The first-order valence-electron chi connectivity index (χ1n) is 7.67. The van der Waals surface area contributed by atoms with Crippen molar-refractivity contribution in [1.29, 1.82) is 0 Å². The molecule has 1 aliphatic rings. The Morgan fingerprint density at radius 2 is 1.64 bits per heavy atom. The molecule has 0 aliphatic carbocycles. The normalized spacial score (nSPS) is 16.6.